The Hall–Kier alpha value is -4.39. The Kier molecular flexibility index (Phi) is 9.61. The van der Waals surface area contributed by atoms with Crippen molar-refractivity contribution in [1.82, 2.24) is 4.72 Å². The lowest BCUT2D eigenvalue weighted by Gasteiger charge is -2.12. The maximum Gasteiger partial charge on any atom is 0.293 e. The molecule has 0 bridgehead atoms. The standard InChI is InChI=1S/C29H27N3O7S2/c1-39-28-17-20(19-33)7-13-25(28)21-8-10-22(11-9-21)29(34)31-41(37,38)24-12-14-26(27(18-24)32(35)36)30-15-16-40-23-5-3-2-4-6-23/h2-14,17-18,30,33H,15-16,19H2,1H3,(H,31,34). The number of carbonyl (C=O) groups excluding carboxylic acids is 1. The number of ether oxygens (including phenoxy) is 1. The molecule has 0 fully saturated rings. The number of nitro groups is 1. The molecule has 0 aromatic heterocycles. The molecule has 0 saturated heterocycles. The van der Waals surface area contributed by atoms with Crippen molar-refractivity contribution in [2.75, 3.05) is 24.7 Å². The van der Waals surface area contributed by atoms with Crippen molar-refractivity contribution >= 4 is 39.1 Å². The van der Waals surface area contributed by atoms with E-state index >= 15 is 0 Å². The van der Waals surface area contributed by atoms with Crippen LogP contribution in [0.25, 0.3) is 11.1 Å². The topological polar surface area (TPSA) is 148 Å². The van der Waals surface area contributed by atoms with E-state index in [2.05, 4.69) is 5.32 Å². The molecule has 3 N–H and O–H groups in total. The van der Waals surface area contributed by atoms with Gasteiger partial charge in [0.25, 0.3) is 21.6 Å². The maximum atomic E-state index is 12.9. The molecule has 1 amide bonds. The zero-order valence-corrected chi connectivity index (χ0v) is 23.6. The van der Waals surface area contributed by atoms with Crippen molar-refractivity contribution < 1.29 is 28.0 Å². The second kappa shape index (κ2) is 13.3. The van der Waals surface area contributed by atoms with Gasteiger partial charge >= 0.3 is 0 Å². The van der Waals surface area contributed by atoms with Gasteiger partial charge in [-0.15, -0.1) is 11.8 Å². The first-order valence-electron chi connectivity index (χ1n) is 12.4. The summed E-state index contributed by atoms with van der Waals surface area (Å²) in [6.45, 7) is 0.275. The molecule has 10 nitrogen and oxygen atoms in total. The van der Waals surface area contributed by atoms with Crippen LogP contribution in [-0.4, -0.2) is 43.8 Å². The summed E-state index contributed by atoms with van der Waals surface area (Å²) in [6.07, 6.45) is 0. The van der Waals surface area contributed by atoms with Crippen LogP contribution in [0.3, 0.4) is 0 Å². The van der Waals surface area contributed by atoms with Gasteiger partial charge in [-0.3, -0.25) is 14.9 Å². The lowest BCUT2D eigenvalue weighted by atomic mass is 10.0. The molecule has 0 saturated carbocycles. The monoisotopic (exact) mass is 593 g/mol. The first-order chi connectivity index (χ1) is 19.7. The molecule has 0 radical (unpaired) electrons. The quantitative estimate of drug-likeness (QED) is 0.0884. The summed E-state index contributed by atoms with van der Waals surface area (Å²) >= 11 is 1.58. The minimum atomic E-state index is -4.40. The first kappa shape index (κ1) is 29.6. The molecule has 0 aliphatic carbocycles. The third-order valence-electron chi connectivity index (χ3n) is 6.04. The average Bonchev–Trinajstić information content (AvgIpc) is 2.99. The number of benzene rings is 4. The molecular weight excluding hydrogens is 566 g/mol. The fraction of sp³-hybridized carbons (Fsp3) is 0.138. The van der Waals surface area contributed by atoms with Crippen molar-refractivity contribution in [3.8, 4) is 16.9 Å². The van der Waals surface area contributed by atoms with Crippen molar-refractivity contribution in [1.29, 1.82) is 0 Å². The van der Waals surface area contributed by atoms with Gasteiger partial charge in [-0.25, -0.2) is 13.1 Å². The van der Waals surface area contributed by atoms with Gasteiger partial charge in [-0.1, -0.05) is 42.5 Å². The summed E-state index contributed by atoms with van der Waals surface area (Å²) in [5.74, 6) is 0.282. The van der Waals surface area contributed by atoms with Gasteiger partial charge < -0.3 is 15.2 Å². The predicted octanol–water partition coefficient (Wildman–Crippen LogP) is 5.09. The molecule has 0 aliphatic heterocycles. The van der Waals surface area contributed by atoms with Gasteiger partial charge in [-0.05, 0) is 53.6 Å². The Labute approximate surface area is 241 Å². The van der Waals surface area contributed by atoms with Crippen LogP contribution >= 0.6 is 11.8 Å². The number of hydrogen-bond acceptors (Lipinski definition) is 9. The van der Waals surface area contributed by atoms with Crippen LogP contribution in [0.15, 0.2) is 101 Å². The number of methoxy groups -OCH3 is 1. The van der Waals surface area contributed by atoms with E-state index in [1.54, 1.807) is 42.1 Å². The highest BCUT2D eigenvalue weighted by Crippen LogP contribution is 2.32. The van der Waals surface area contributed by atoms with Crippen molar-refractivity contribution in [2.45, 2.75) is 16.4 Å². The van der Waals surface area contributed by atoms with E-state index in [4.69, 9.17) is 4.74 Å². The highest BCUT2D eigenvalue weighted by atomic mass is 32.2. The number of nitrogens with zero attached hydrogens (tertiary/aromatic N) is 1. The molecule has 0 heterocycles. The fourth-order valence-corrected chi connectivity index (χ4v) is 5.75. The minimum absolute atomic E-state index is 0.0759. The number of sulfonamides is 1. The Morgan fingerprint density at radius 2 is 1.73 bits per heavy atom. The van der Waals surface area contributed by atoms with Crippen molar-refractivity contribution in [2.24, 2.45) is 0 Å². The van der Waals surface area contributed by atoms with Crippen LogP contribution < -0.4 is 14.8 Å². The zero-order valence-electron chi connectivity index (χ0n) is 21.9. The van der Waals surface area contributed by atoms with Gasteiger partial charge in [0.05, 0.1) is 23.5 Å². The minimum Gasteiger partial charge on any atom is -0.496 e. The summed E-state index contributed by atoms with van der Waals surface area (Å²) in [6, 6.07) is 24.5. The van der Waals surface area contributed by atoms with E-state index in [0.29, 0.717) is 29.2 Å². The highest BCUT2D eigenvalue weighted by Gasteiger charge is 2.24. The van der Waals surface area contributed by atoms with Gasteiger partial charge in [-0.2, -0.15) is 0 Å². The van der Waals surface area contributed by atoms with Crippen LogP contribution in [0.5, 0.6) is 5.75 Å². The number of nitro benzene ring substituents is 1. The third-order valence-corrected chi connectivity index (χ3v) is 8.38. The molecule has 0 unspecified atom stereocenters. The number of amides is 1. The predicted molar refractivity (Wildman–Crippen MR) is 158 cm³/mol. The molecule has 12 heteroatoms. The lowest BCUT2D eigenvalue weighted by Crippen LogP contribution is -2.30. The largest absolute Gasteiger partial charge is 0.496 e. The summed E-state index contributed by atoms with van der Waals surface area (Å²) < 4.78 is 33.2. The Bertz CT molecular complexity index is 1650. The Balaban J connectivity index is 1.44. The second-order valence-electron chi connectivity index (χ2n) is 8.73. The van der Waals surface area contributed by atoms with E-state index in [9.17, 15) is 28.4 Å². The molecule has 0 atom stereocenters. The van der Waals surface area contributed by atoms with Gasteiger partial charge in [0, 0.05) is 34.4 Å². The molecule has 0 aliphatic rings. The van der Waals surface area contributed by atoms with Gasteiger partial charge in [0.15, 0.2) is 0 Å². The van der Waals surface area contributed by atoms with Gasteiger partial charge in [0.2, 0.25) is 0 Å². The maximum absolute atomic E-state index is 12.9. The average molecular weight is 594 g/mol. The van der Waals surface area contributed by atoms with Gasteiger partial charge in [0.1, 0.15) is 11.4 Å². The fourth-order valence-electron chi connectivity index (χ4n) is 3.96. The molecule has 4 aromatic carbocycles. The summed E-state index contributed by atoms with van der Waals surface area (Å²) in [5, 5.41) is 24.0. The SMILES string of the molecule is COc1cc(CO)ccc1-c1ccc(C(=O)NS(=O)(=O)c2ccc(NCCSc3ccccc3)c([N+](=O)[O-])c2)cc1. The summed E-state index contributed by atoms with van der Waals surface area (Å²) in [5.41, 5.74) is 1.95. The normalized spacial score (nSPS) is 11.1. The second-order valence-corrected chi connectivity index (χ2v) is 11.6. The number of carbonyl (C=O) groups is 1. The van der Waals surface area contributed by atoms with E-state index < -0.39 is 31.4 Å². The van der Waals surface area contributed by atoms with E-state index in [0.717, 1.165) is 16.5 Å². The van der Waals surface area contributed by atoms with Crippen molar-refractivity contribution in [3.63, 3.8) is 0 Å². The van der Waals surface area contributed by atoms with Crippen LogP contribution in [-0.2, 0) is 16.6 Å². The van der Waals surface area contributed by atoms with E-state index in [1.165, 1.54) is 31.4 Å². The molecular formula is C29H27N3O7S2. The Morgan fingerprint density at radius 3 is 2.39 bits per heavy atom. The molecule has 4 aromatic rings. The van der Waals surface area contributed by atoms with Crippen LogP contribution in [0.4, 0.5) is 11.4 Å². The molecule has 4 rings (SSSR count). The molecule has 212 valence electrons. The first-order valence-corrected chi connectivity index (χ1v) is 14.8. The number of nitrogens with one attached hydrogen (secondary N) is 2. The number of rotatable bonds is 12. The lowest BCUT2D eigenvalue weighted by molar-refractivity contribution is -0.384. The summed E-state index contributed by atoms with van der Waals surface area (Å²) in [4.78, 5) is 24.4. The van der Waals surface area contributed by atoms with E-state index in [-0.39, 0.29) is 17.9 Å². The number of anilines is 1. The highest BCUT2D eigenvalue weighted by molar-refractivity contribution is 7.99. The molecule has 0 spiro atoms. The number of aliphatic hydroxyl groups is 1. The number of hydrogen-bond donors (Lipinski definition) is 3. The van der Waals surface area contributed by atoms with Crippen LogP contribution in [0.1, 0.15) is 15.9 Å². The van der Waals surface area contributed by atoms with Crippen LogP contribution in [0.2, 0.25) is 0 Å². The number of aliphatic hydroxyl groups excluding tert-OH is 1. The number of thioether (sulfide) groups is 1. The third kappa shape index (κ3) is 7.42. The van der Waals surface area contributed by atoms with Crippen molar-refractivity contribution in [3.05, 3.63) is 112 Å². The van der Waals surface area contributed by atoms with E-state index in [1.807, 2.05) is 35.1 Å². The zero-order chi connectivity index (χ0) is 29.4. The molecule has 41 heavy (non-hydrogen) atoms. The Morgan fingerprint density at radius 1 is 1.00 bits per heavy atom. The smallest absolute Gasteiger partial charge is 0.293 e. The van der Waals surface area contributed by atoms with Crippen LogP contribution in [0, 0.1) is 10.1 Å². The summed E-state index contributed by atoms with van der Waals surface area (Å²) in [7, 11) is -2.90.